The Morgan fingerprint density at radius 1 is 0.746 bits per heavy atom. The molecule has 13 heteroatoms. The Balaban J connectivity index is 1.42. The minimum atomic E-state index is -1.14. The Kier molecular flexibility index (Phi) is 14.8. The zero-order valence-corrected chi connectivity index (χ0v) is 35.2. The van der Waals surface area contributed by atoms with E-state index in [1.807, 2.05) is 126 Å². The number of carbonyl (C=O) groups is 4. The Labute approximate surface area is 348 Å². The summed E-state index contributed by atoms with van der Waals surface area (Å²) in [5.74, 6) is -0.817. The van der Waals surface area contributed by atoms with Crippen molar-refractivity contribution in [3.8, 4) is 11.3 Å². The van der Waals surface area contributed by atoms with E-state index in [4.69, 9.17) is 4.74 Å². The van der Waals surface area contributed by atoms with Crippen LogP contribution < -0.4 is 16.0 Å². The van der Waals surface area contributed by atoms with Gasteiger partial charge in [-0.05, 0) is 71.0 Å². The summed E-state index contributed by atoms with van der Waals surface area (Å²) in [5, 5.41) is 21.2. The van der Waals surface area contributed by atoms with Crippen LogP contribution in [0.3, 0.4) is 0 Å². The van der Waals surface area contributed by atoms with Gasteiger partial charge in [0.05, 0.1) is 24.9 Å². The van der Waals surface area contributed by atoms with E-state index in [1.54, 1.807) is 28.4 Å². The van der Waals surface area contributed by atoms with E-state index in [9.17, 15) is 24.3 Å². The first kappa shape index (κ1) is 44.3. The van der Waals surface area contributed by atoms with Crippen LogP contribution in [0.5, 0.6) is 0 Å². The van der Waals surface area contributed by atoms with Crippen LogP contribution in [-0.2, 0) is 33.7 Å². The second kappa shape index (κ2) is 19.8. The van der Waals surface area contributed by atoms with Crippen LogP contribution in [0.25, 0.3) is 11.3 Å². The number of aliphatic hydroxyl groups excluding tert-OH is 1. The minimum Gasteiger partial charge on any atom is -0.453 e. The molecule has 59 heavy (non-hydrogen) atoms. The molecule has 1 aliphatic rings. The molecule has 0 unspecified atom stereocenters. The van der Waals surface area contributed by atoms with Gasteiger partial charge in [0.1, 0.15) is 12.1 Å². The van der Waals surface area contributed by atoms with Crippen molar-refractivity contribution in [2.24, 2.45) is 10.8 Å². The summed E-state index contributed by atoms with van der Waals surface area (Å²) in [6.07, 6.45) is 3.93. The van der Waals surface area contributed by atoms with Crippen LogP contribution in [0, 0.1) is 10.8 Å². The lowest BCUT2D eigenvalue weighted by Crippen LogP contribution is -2.59. The Morgan fingerprint density at radius 3 is 2.02 bits per heavy atom. The molecule has 0 aliphatic carbocycles. The van der Waals surface area contributed by atoms with Crippen molar-refractivity contribution in [2.45, 2.75) is 97.6 Å². The van der Waals surface area contributed by atoms with Gasteiger partial charge in [0.15, 0.2) is 0 Å². The molecule has 5 rings (SSSR count). The van der Waals surface area contributed by atoms with Crippen molar-refractivity contribution in [3.63, 3.8) is 0 Å². The summed E-state index contributed by atoms with van der Waals surface area (Å²) in [4.78, 5) is 66.7. The normalized spacial score (nSPS) is 15.8. The zero-order chi connectivity index (χ0) is 42.7. The molecule has 1 saturated heterocycles. The lowest BCUT2D eigenvalue weighted by molar-refractivity contribution is -0.131. The third-order valence-electron chi connectivity index (χ3n) is 10.6. The SMILES string of the molecule is COC(=O)N[C@H](C(=O)N[C@@H](Cc1ccc(-c2ccccn2)cc1)C[C@H](O)[C@H](Cc1ccccc1)NC(=O)[C@@H](N1CCN(Cc2ccncc2)C1=O)C(C)(C)C)C(C)(C)C. The molecule has 3 heterocycles. The second-order valence-electron chi connectivity index (χ2n) is 17.4. The highest BCUT2D eigenvalue weighted by Gasteiger charge is 2.44. The number of hydrogen-bond acceptors (Lipinski definition) is 8. The van der Waals surface area contributed by atoms with Gasteiger partial charge in [-0.25, -0.2) is 9.59 Å². The summed E-state index contributed by atoms with van der Waals surface area (Å²) in [6, 6.07) is 23.4. The summed E-state index contributed by atoms with van der Waals surface area (Å²) in [6.45, 7) is 12.5. The lowest BCUT2D eigenvalue weighted by atomic mass is 9.84. The number of rotatable bonds is 16. The number of nitrogens with zero attached hydrogens (tertiary/aromatic N) is 4. The number of ether oxygens (including phenoxy) is 1. The molecule has 4 N–H and O–H groups in total. The molecule has 0 spiro atoms. The number of pyridine rings is 2. The number of aromatic nitrogens is 2. The summed E-state index contributed by atoms with van der Waals surface area (Å²) in [5.41, 5.74) is 3.16. The van der Waals surface area contributed by atoms with E-state index in [2.05, 4.69) is 25.9 Å². The maximum atomic E-state index is 14.6. The van der Waals surface area contributed by atoms with E-state index in [-0.39, 0.29) is 18.4 Å². The molecule has 1 aliphatic heterocycles. The van der Waals surface area contributed by atoms with Crippen LogP contribution in [0.1, 0.15) is 64.7 Å². The molecule has 5 amide bonds. The van der Waals surface area contributed by atoms with Gasteiger partial charge in [-0.15, -0.1) is 0 Å². The number of aliphatic hydroxyl groups is 1. The van der Waals surface area contributed by atoms with E-state index in [0.717, 1.165) is 27.9 Å². The Hall–Kier alpha value is -5.82. The molecular weight excluding hydrogens is 747 g/mol. The van der Waals surface area contributed by atoms with Crippen LogP contribution in [0.4, 0.5) is 9.59 Å². The average Bonchev–Trinajstić information content (AvgIpc) is 3.54. The van der Waals surface area contributed by atoms with E-state index in [1.165, 1.54) is 7.11 Å². The smallest absolute Gasteiger partial charge is 0.407 e. The number of alkyl carbamates (subject to hydrolysis) is 1. The number of hydrogen-bond donors (Lipinski definition) is 4. The maximum Gasteiger partial charge on any atom is 0.407 e. The van der Waals surface area contributed by atoms with Crippen molar-refractivity contribution in [3.05, 3.63) is 120 Å². The summed E-state index contributed by atoms with van der Waals surface area (Å²) < 4.78 is 4.84. The molecule has 0 saturated carbocycles. The van der Waals surface area contributed by atoms with Gasteiger partial charge in [-0.1, -0.05) is 102 Å². The highest BCUT2D eigenvalue weighted by molar-refractivity contribution is 5.89. The minimum absolute atomic E-state index is 0.0587. The number of nitrogens with one attached hydrogen (secondary N) is 3. The molecule has 5 atom stereocenters. The standard InChI is InChI=1S/C46H59N7O6/c1-45(2,3)39(51-43(57)59-7)41(55)49-35(27-32-16-18-34(19-17-32)36-15-11-12-22-48-36)29-38(54)37(28-31-13-9-8-10-14-31)50-42(56)40(46(4,5)6)53-26-25-52(44(53)58)30-33-20-23-47-24-21-33/h8-24,35,37-40,54H,25-30H2,1-7H3,(H,49,55)(H,50,56)(H,51,57)/t35-,37-,38-,39+,40+/m0/s1. The van der Waals surface area contributed by atoms with Crippen LogP contribution in [0.15, 0.2) is 104 Å². The number of methoxy groups -OCH3 is 1. The topological polar surface area (TPSA) is 166 Å². The first-order chi connectivity index (χ1) is 28.0. The third-order valence-corrected chi connectivity index (χ3v) is 10.6. The van der Waals surface area contributed by atoms with Crippen molar-refractivity contribution in [1.82, 2.24) is 35.7 Å². The van der Waals surface area contributed by atoms with E-state index in [0.29, 0.717) is 32.5 Å². The number of amides is 5. The molecule has 2 aromatic carbocycles. The van der Waals surface area contributed by atoms with Crippen LogP contribution in [0.2, 0.25) is 0 Å². The van der Waals surface area contributed by atoms with E-state index < -0.39 is 53.1 Å². The van der Waals surface area contributed by atoms with Gasteiger partial charge in [0.2, 0.25) is 11.8 Å². The quantitative estimate of drug-likeness (QED) is 0.111. The first-order valence-corrected chi connectivity index (χ1v) is 20.2. The molecule has 1 fully saturated rings. The van der Waals surface area contributed by atoms with Gasteiger partial charge in [0.25, 0.3) is 0 Å². The third kappa shape index (κ3) is 12.3. The molecule has 2 aromatic heterocycles. The number of benzene rings is 2. The summed E-state index contributed by atoms with van der Waals surface area (Å²) >= 11 is 0. The highest BCUT2D eigenvalue weighted by Crippen LogP contribution is 2.29. The predicted molar refractivity (Wildman–Crippen MR) is 227 cm³/mol. The Morgan fingerprint density at radius 2 is 1.41 bits per heavy atom. The largest absolute Gasteiger partial charge is 0.453 e. The van der Waals surface area contributed by atoms with Gasteiger partial charge in [-0.3, -0.25) is 19.6 Å². The zero-order valence-electron chi connectivity index (χ0n) is 35.2. The molecule has 0 bridgehead atoms. The van der Waals surface area contributed by atoms with Crippen LogP contribution in [-0.4, -0.2) is 99.3 Å². The fourth-order valence-corrected chi connectivity index (χ4v) is 7.53. The van der Waals surface area contributed by atoms with Gasteiger partial charge < -0.3 is 35.6 Å². The van der Waals surface area contributed by atoms with E-state index >= 15 is 0 Å². The monoisotopic (exact) mass is 805 g/mol. The number of carbonyl (C=O) groups excluding carboxylic acids is 4. The Bertz CT molecular complexity index is 1990. The fourth-order valence-electron chi connectivity index (χ4n) is 7.53. The van der Waals surface area contributed by atoms with Crippen molar-refractivity contribution in [2.75, 3.05) is 20.2 Å². The van der Waals surface area contributed by atoms with Gasteiger partial charge >= 0.3 is 12.1 Å². The van der Waals surface area contributed by atoms with Gasteiger partial charge in [0, 0.05) is 49.8 Å². The van der Waals surface area contributed by atoms with Crippen molar-refractivity contribution >= 4 is 23.9 Å². The maximum absolute atomic E-state index is 14.6. The molecule has 0 radical (unpaired) electrons. The summed E-state index contributed by atoms with van der Waals surface area (Å²) in [7, 11) is 1.24. The number of urea groups is 1. The first-order valence-electron chi connectivity index (χ1n) is 20.2. The van der Waals surface area contributed by atoms with Crippen molar-refractivity contribution < 1.29 is 29.0 Å². The highest BCUT2D eigenvalue weighted by atomic mass is 16.5. The average molecular weight is 806 g/mol. The lowest BCUT2D eigenvalue weighted by Gasteiger charge is -2.38. The van der Waals surface area contributed by atoms with Gasteiger partial charge in [-0.2, -0.15) is 0 Å². The van der Waals surface area contributed by atoms with Crippen molar-refractivity contribution in [1.29, 1.82) is 0 Å². The molecule has 314 valence electrons. The molecule has 13 nitrogen and oxygen atoms in total. The predicted octanol–water partition coefficient (Wildman–Crippen LogP) is 5.77. The second-order valence-corrected chi connectivity index (χ2v) is 17.4. The van der Waals surface area contributed by atoms with Crippen LogP contribution >= 0.6 is 0 Å². The molecule has 4 aromatic rings. The molecular formula is C46H59N7O6. The fraction of sp³-hybridized carbons (Fsp3) is 0.435.